The molecule has 6 nitrogen and oxygen atoms in total. The lowest BCUT2D eigenvalue weighted by Crippen LogP contribution is -2.38. The molecule has 24 heavy (non-hydrogen) atoms. The van der Waals surface area contributed by atoms with Crippen LogP contribution in [0.5, 0.6) is 0 Å². The molecule has 2 amide bonds. The third-order valence-corrected chi connectivity index (χ3v) is 3.44. The van der Waals surface area contributed by atoms with Gasteiger partial charge in [-0.25, -0.2) is 4.39 Å². The van der Waals surface area contributed by atoms with Crippen molar-refractivity contribution < 1.29 is 23.5 Å². The molecule has 0 spiro atoms. The van der Waals surface area contributed by atoms with Crippen LogP contribution in [0, 0.1) is 5.82 Å². The third-order valence-electron chi connectivity index (χ3n) is 3.44. The number of aliphatic hydroxyl groups is 1. The Morgan fingerprint density at radius 3 is 2.75 bits per heavy atom. The lowest BCUT2D eigenvalue weighted by molar-refractivity contribution is -0.142. The fraction of sp³-hybridized carbons (Fsp3) is 0.294. The monoisotopic (exact) mass is 334 g/mol. The van der Waals surface area contributed by atoms with Gasteiger partial charge in [0.15, 0.2) is 0 Å². The van der Waals surface area contributed by atoms with Crippen LogP contribution in [0.15, 0.2) is 41.0 Å². The van der Waals surface area contributed by atoms with Gasteiger partial charge in [0.25, 0.3) is 0 Å². The fourth-order valence-electron chi connectivity index (χ4n) is 2.05. The minimum Gasteiger partial charge on any atom is -0.464 e. The highest BCUT2D eigenvalue weighted by Gasteiger charge is 2.20. The summed E-state index contributed by atoms with van der Waals surface area (Å²) in [7, 11) is 1.44. The molecule has 1 atom stereocenters. The minimum atomic E-state index is -0.946. The Hall–Kier alpha value is -2.67. The van der Waals surface area contributed by atoms with E-state index in [9.17, 15) is 19.1 Å². The number of furan rings is 1. The smallest absolute Gasteiger partial charge is 0.313 e. The van der Waals surface area contributed by atoms with Crippen LogP contribution < -0.4 is 5.32 Å². The first kappa shape index (κ1) is 17.7. The average Bonchev–Trinajstić information content (AvgIpc) is 3.08. The number of aliphatic hydroxyl groups excluding tert-OH is 1. The number of likely N-dealkylation sites (N-methyl/N-ethyl adjacent to an activating group) is 1. The maximum atomic E-state index is 13.9. The number of rotatable bonds is 5. The summed E-state index contributed by atoms with van der Waals surface area (Å²) in [6, 6.07) is 7.50. The molecule has 2 N–H and O–H groups in total. The highest BCUT2D eigenvalue weighted by molar-refractivity contribution is 6.39. The van der Waals surface area contributed by atoms with Crippen LogP contribution in [0.4, 0.5) is 10.1 Å². The predicted octanol–water partition coefficient (Wildman–Crippen LogP) is 2.25. The summed E-state index contributed by atoms with van der Waals surface area (Å²) in [5.41, 5.74) is 0.470. The summed E-state index contributed by atoms with van der Waals surface area (Å²) < 4.78 is 19.1. The third kappa shape index (κ3) is 4.42. The Morgan fingerprint density at radius 1 is 1.38 bits per heavy atom. The second kappa shape index (κ2) is 7.74. The Bertz CT molecular complexity index is 713. The second-order valence-corrected chi connectivity index (χ2v) is 5.49. The molecular weight excluding hydrogens is 315 g/mol. The lowest BCUT2D eigenvalue weighted by atomic mass is 10.1. The van der Waals surface area contributed by atoms with Gasteiger partial charge < -0.3 is 19.7 Å². The van der Waals surface area contributed by atoms with Gasteiger partial charge in [-0.05, 0) is 43.7 Å². The Kier molecular flexibility index (Phi) is 5.70. The molecule has 0 saturated heterocycles. The van der Waals surface area contributed by atoms with Crippen molar-refractivity contribution in [3.63, 3.8) is 0 Å². The molecule has 2 rings (SSSR count). The zero-order valence-corrected chi connectivity index (χ0v) is 13.5. The van der Waals surface area contributed by atoms with Crippen molar-refractivity contribution in [3.8, 4) is 11.3 Å². The van der Waals surface area contributed by atoms with E-state index in [1.54, 1.807) is 19.1 Å². The Morgan fingerprint density at radius 2 is 2.12 bits per heavy atom. The van der Waals surface area contributed by atoms with E-state index in [4.69, 9.17) is 4.42 Å². The summed E-state index contributed by atoms with van der Waals surface area (Å²) in [5.74, 6) is -1.89. The van der Waals surface area contributed by atoms with Crippen molar-refractivity contribution in [1.29, 1.82) is 0 Å². The molecular formula is C17H19FN2O4. The van der Waals surface area contributed by atoms with Crippen LogP contribution >= 0.6 is 0 Å². The number of hydrogen-bond acceptors (Lipinski definition) is 4. The summed E-state index contributed by atoms with van der Waals surface area (Å²) in [6.07, 6.45) is 1.25. The van der Waals surface area contributed by atoms with Gasteiger partial charge in [-0.2, -0.15) is 0 Å². The van der Waals surface area contributed by atoms with Gasteiger partial charge in [-0.15, -0.1) is 0 Å². The van der Waals surface area contributed by atoms with Gasteiger partial charge in [-0.1, -0.05) is 0 Å². The van der Waals surface area contributed by atoms with E-state index in [0.717, 1.165) is 0 Å². The second-order valence-electron chi connectivity index (χ2n) is 5.49. The van der Waals surface area contributed by atoms with E-state index in [1.165, 1.54) is 36.4 Å². The number of benzene rings is 1. The first-order valence-corrected chi connectivity index (χ1v) is 7.46. The molecule has 1 aromatic carbocycles. The van der Waals surface area contributed by atoms with Crippen molar-refractivity contribution in [2.24, 2.45) is 0 Å². The van der Waals surface area contributed by atoms with E-state index in [-0.39, 0.29) is 12.2 Å². The number of halogens is 1. The highest BCUT2D eigenvalue weighted by Crippen LogP contribution is 2.25. The highest BCUT2D eigenvalue weighted by atomic mass is 19.1. The van der Waals surface area contributed by atoms with Gasteiger partial charge in [0.1, 0.15) is 11.6 Å². The maximum Gasteiger partial charge on any atom is 0.313 e. The van der Waals surface area contributed by atoms with Gasteiger partial charge in [0.2, 0.25) is 0 Å². The van der Waals surface area contributed by atoms with Gasteiger partial charge >= 0.3 is 11.8 Å². The van der Waals surface area contributed by atoms with E-state index in [0.29, 0.717) is 17.7 Å². The maximum absolute atomic E-state index is 13.9. The standard InChI is InChI=1S/C17H19FN2O4/c1-11(21)7-8-20(2)17(23)16(22)19-14-10-12(5-6-13(14)18)15-4-3-9-24-15/h3-6,9-11,21H,7-8H2,1-2H3,(H,19,22). The normalized spacial score (nSPS) is 11.8. The molecule has 7 heteroatoms. The molecule has 0 fully saturated rings. The number of nitrogens with zero attached hydrogens (tertiary/aromatic N) is 1. The molecule has 0 bridgehead atoms. The fourth-order valence-corrected chi connectivity index (χ4v) is 2.05. The molecule has 1 unspecified atom stereocenters. The van der Waals surface area contributed by atoms with Crippen LogP contribution in [-0.2, 0) is 9.59 Å². The first-order valence-electron chi connectivity index (χ1n) is 7.46. The summed E-state index contributed by atoms with van der Waals surface area (Å²) in [6.45, 7) is 1.81. The van der Waals surface area contributed by atoms with Crippen molar-refractivity contribution in [2.45, 2.75) is 19.4 Å². The van der Waals surface area contributed by atoms with Crippen LogP contribution in [0.3, 0.4) is 0 Å². The van der Waals surface area contributed by atoms with Crippen molar-refractivity contribution in [2.75, 3.05) is 18.9 Å². The van der Waals surface area contributed by atoms with Gasteiger partial charge in [-0.3, -0.25) is 9.59 Å². The predicted molar refractivity (Wildman–Crippen MR) is 86.7 cm³/mol. The van der Waals surface area contributed by atoms with Crippen LogP contribution in [0.2, 0.25) is 0 Å². The average molecular weight is 334 g/mol. The van der Waals surface area contributed by atoms with E-state index in [1.807, 2.05) is 0 Å². The van der Waals surface area contributed by atoms with Crippen LogP contribution in [0.1, 0.15) is 13.3 Å². The molecule has 2 aromatic rings. The molecule has 0 aliphatic carbocycles. The van der Waals surface area contributed by atoms with E-state index >= 15 is 0 Å². The summed E-state index contributed by atoms with van der Waals surface area (Å²) in [4.78, 5) is 25.1. The molecule has 0 aliphatic rings. The SMILES string of the molecule is CC(O)CCN(C)C(=O)C(=O)Nc1cc(-c2ccco2)ccc1F. The topological polar surface area (TPSA) is 82.8 Å². The number of hydrogen-bond donors (Lipinski definition) is 2. The minimum absolute atomic E-state index is 0.105. The largest absolute Gasteiger partial charge is 0.464 e. The lowest BCUT2D eigenvalue weighted by Gasteiger charge is -2.17. The quantitative estimate of drug-likeness (QED) is 0.822. The molecule has 0 aliphatic heterocycles. The zero-order chi connectivity index (χ0) is 17.7. The Balaban J connectivity index is 2.08. The molecule has 0 saturated carbocycles. The Labute approximate surface area is 138 Å². The number of carbonyl (C=O) groups excluding carboxylic acids is 2. The molecule has 0 radical (unpaired) electrons. The zero-order valence-electron chi connectivity index (χ0n) is 13.5. The van der Waals surface area contributed by atoms with Crippen LogP contribution in [-0.4, -0.2) is 41.5 Å². The van der Waals surface area contributed by atoms with Gasteiger partial charge in [0.05, 0.1) is 18.1 Å². The van der Waals surface area contributed by atoms with Crippen molar-refractivity contribution in [1.82, 2.24) is 4.90 Å². The van der Waals surface area contributed by atoms with E-state index < -0.39 is 23.7 Å². The van der Waals surface area contributed by atoms with Crippen molar-refractivity contribution in [3.05, 3.63) is 42.4 Å². The number of carbonyl (C=O) groups is 2. The molecule has 128 valence electrons. The van der Waals surface area contributed by atoms with Gasteiger partial charge in [0, 0.05) is 19.2 Å². The molecule has 1 aromatic heterocycles. The molecule has 1 heterocycles. The van der Waals surface area contributed by atoms with Crippen molar-refractivity contribution >= 4 is 17.5 Å². The van der Waals surface area contributed by atoms with Crippen LogP contribution in [0.25, 0.3) is 11.3 Å². The first-order chi connectivity index (χ1) is 11.4. The summed E-state index contributed by atoms with van der Waals surface area (Å²) >= 11 is 0. The number of amides is 2. The van der Waals surface area contributed by atoms with E-state index in [2.05, 4.69) is 5.32 Å². The number of nitrogens with one attached hydrogen (secondary N) is 1. The summed E-state index contributed by atoms with van der Waals surface area (Å²) in [5, 5.41) is 11.5. The number of anilines is 1.